The molecule has 1 fully saturated rings. The summed E-state index contributed by atoms with van der Waals surface area (Å²) in [6.45, 7) is 0. The number of nitrogens with one attached hydrogen (secondary N) is 2. The van der Waals surface area contributed by atoms with Gasteiger partial charge in [-0.15, -0.1) is 0 Å². The Balaban J connectivity index is 2.13. The van der Waals surface area contributed by atoms with Gasteiger partial charge in [0, 0.05) is 12.2 Å². The Hall–Kier alpha value is -1.29. The molecule has 1 aliphatic rings. The molecule has 0 radical (unpaired) electrons. The first-order valence-electron chi connectivity index (χ1n) is 5.36. The minimum Gasteiger partial charge on any atom is -0.349 e. The van der Waals surface area contributed by atoms with Crippen LogP contribution >= 0.6 is 11.6 Å². The largest absolute Gasteiger partial charge is 0.349 e. The summed E-state index contributed by atoms with van der Waals surface area (Å²) in [6.07, 6.45) is 5.62. The van der Waals surface area contributed by atoms with E-state index >= 15 is 0 Å². The van der Waals surface area contributed by atoms with Crippen LogP contribution in [0.2, 0.25) is 5.02 Å². The fourth-order valence-corrected chi connectivity index (χ4v) is 2.12. The van der Waals surface area contributed by atoms with Crippen molar-refractivity contribution in [2.45, 2.75) is 31.7 Å². The lowest BCUT2D eigenvalue weighted by Gasteiger charge is -2.11. The lowest BCUT2D eigenvalue weighted by molar-refractivity contribution is 0.0936. The van der Waals surface area contributed by atoms with Crippen LogP contribution in [0.4, 0.5) is 0 Å². The second-order valence-electron chi connectivity index (χ2n) is 4.02. The molecule has 0 bridgehead atoms. The number of H-pyrrole nitrogens is 1. The van der Waals surface area contributed by atoms with Crippen LogP contribution in [0.3, 0.4) is 0 Å². The average Bonchev–Trinajstić information content (AvgIpc) is 2.74. The Morgan fingerprint density at radius 1 is 1.44 bits per heavy atom. The monoisotopic (exact) mass is 240 g/mol. The summed E-state index contributed by atoms with van der Waals surface area (Å²) in [5, 5.41) is 3.20. The minimum atomic E-state index is -0.403. The Kier molecular flexibility index (Phi) is 3.29. The predicted molar refractivity (Wildman–Crippen MR) is 61.8 cm³/mol. The lowest BCUT2D eigenvalue weighted by Crippen LogP contribution is -2.35. The quantitative estimate of drug-likeness (QED) is 0.827. The first-order chi connectivity index (χ1) is 7.66. The molecule has 86 valence electrons. The second kappa shape index (κ2) is 4.70. The third kappa shape index (κ3) is 2.44. The molecule has 1 heterocycles. The number of carbonyl (C=O) groups excluding carboxylic acids is 1. The highest BCUT2D eigenvalue weighted by atomic mass is 35.5. The summed E-state index contributed by atoms with van der Waals surface area (Å²) in [6, 6.07) is 1.59. The van der Waals surface area contributed by atoms with Gasteiger partial charge >= 0.3 is 0 Å². The average molecular weight is 241 g/mol. The molecule has 0 saturated heterocycles. The molecular weight excluding hydrogens is 228 g/mol. The van der Waals surface area contributed by atoms with Crippen LogP contribution in [-0.2, 0) is 0 Å². The first kappa shape index (κ1) is 11.2. The molecule has 1 aromatic heterocycles. The normalized spacial score (nSPS) is 16.3. The maximum Gasteiger partial charge on any atom is 0.260 e. The number of rotatable bonds is 2. The van der Waals surface area contributed by atoms with Crippen molar-refractivity contribution in [3.05, 3.63) is 33.2 Å². The molecule has 1 amide bonds. The summed E-state index contributed by atoms with van der Waals surface area (Å²) in [7, 11) is 0. The summed E-state index contributed by atoms with van der Waals surface area (Å²) >= 11 is 5.73. The molecule has 1 aromatic rings. The molecule has 2 rings (SSSR count). The van der Waals surface area contributed by atoms with E-state index in [-0.39, 0.29) is 17.5 Å². The number of carbonyl (C=O) groups is 1. The van der Waals surface area contributed by atoms with Crippen LogP contribution in [0.25, 0.3) is 0 Å². The van der Waals surface area contributed by atoms with E-state index in [0.717, 1.165) is 25.7 Å². The first-order valence-corrected chi connectivity index (χ1v) is 5.74. The van der Waals surface area contributed by atoms with E-state index in [0.29, 0.717) is 5.02 Å². The van der Waals surface area contributed by atoms with E-state index < -0.39 is 5.56 Å². The maximum atomic E-state index is 11.8. The van der Waals surface area contributed by atoms with E-state index in [4.69, 9.17) is 11.6 Å². The molecule has 1 saturated carbocycles. The van der Waals surface area contributed by atoms with Crippen molar-refractivity contribution in [1.82, 2.24) is 10.3 Å². The van der Waals surface area contributed by atoms with Crippen molar-refractivity contribution < 1.29 is 4.79 Å². The van der Waals surface area contributed by atoms with Gasteiger partial charge in [-0.2, -0.15) is 0 Å². The Morgan fingerprint density at radius 2 is 2.12 bits per heavy atom. The molecular formula is C11H13ClN2O2. The molecule has 0 atom stereocenters. The molecule has 0 aromatic carbocycles. The zero-order chi connectivity index (χ0) is 11.5. The van der Waals surface area contributed by atoms with E-state index in [1.165, 1.54) is 12.3 Å². The van der Waals surface area contributed by atoms with Crippen molar-refractivity contribution in [3.8, 4) is 0 Å². The zero-order valence-electron chi connectivity index (χ0n) is 8.75. The van der Waals surface area contributed by atoms with Gasteiger partial charge in [0.15, 0.2) is 0 Å². The molecule has 5 heteroatoms. The van der Waals surface area contributed by atoms with Crippen molar-refractivity contribution in [2.75, 3.05) is 0 Å². The molecule has 1 aliphatic carbocycles. The van der Waals surface area contributed by atoms with Crippen LogP contribution < -0.4 is 10.9 Å². The summed E-state index contributed by atoms with van der Waals surface area (Å²) in [5.74, 6) is -0.337. The maximum absolute atomic E-state index is 11.8. The van der Waals surface area contributed by atoms with Crippen molar-refractivity contribution >= 4 is 17.5 Å². The number of hydrogen-bond donors (Lipinski definition) is 2. The van der Waals surface area contributed by atoms with E-state index in [1.807, 2.05) is 0 Å². The van der Waals surface area contributed by atoms with Gasteiger partial charge in [0.25, 0.3) is 11.5 Å². The molecule has 0 spiro atoms. The van der Waals surface area contributed by atoms with Gasteiger partial charge in [0.2, 0.25) is 0 Å². The van der Waals surface area contributed by atoms with Crippen molar-refractivity contribution in [1.29, 1.82) is 0 Å². The van der Waals surface area contributed by atoms with Crippen LogP contribution in [-0.4, -0.2) is 16.9 Å². The van der Waals surface area contributed by atoms with Gasteiger partial charge in [-0.25, -0.2) is 0 Å². The number of pyridine rings is 1. The SMILES string of the molecule is O=C(NC1CCCC1)c1cc(Cl)c[nH]c1=O. The summed E-state index contributed by atoms with van der Waals surface area (Å²) in [4.78, 5) is 25.6. The van der Waals surface area contributed by atoms with Gasteiger partial charge in [-0.1, -0.05) is 24.4 Å². The van der Waals surface area contributed by atoms with Crippen LogP contribution in [0.15, 0.2) is 17.1 Å². The Morgan fingerprint density at radius 3 is 2.81 bits per heavy atom. The van der Waals surface area contributed by atoms with Gasteiger partial charge in [-0.3, -0.25) is 9.59 Å². The number of hydrogen-bond acceptors (Lipinski definition) is 2. The fraction of sp³-hybridized carbons (Fsp3) is 0.455. The minimum absolute atomic E-state index is 0.0828. The zero-order valence-corrected chi connectivity index (χ0v) is 9.51. The molecule has 0 aliphatic heterocycles. The number of aromatic nitrogens is 1. The number of halogens is 1. The van der Waals surface area contributed by atoms with E-state index in [2.05, 4.69) is 10.3 Å². The highest BCUT2D eigenvalue weighted by Gasteiger charge is 2.19. The third-order valence-corrected chi connectivity index (χ3v) is 3.02. The number of aromatic amines is 1. The topological polar surface area (TPSA) is 62.0 Å². The van der Waals surface area contributed by atoms with Crippen LogP contribution in [0.1, 0.15) is 36.0 Å². The second-order valence-corrected chi connectivity index (χ2v) is 4.45. The smallest absolute Gasteiger partial charge is 0.260 e. The molecule has 4 nitrogen and oxygen atoms in total. The van der Waals surface area contributed by atoms with Crippen molar-refractivity contribution in [2.24, 2.45) is 0 Å². The van der Waals surface area contributed by atoms with Gasteiger partial charge in [0.1, 0.15) is 5.56 Å². The van der Waals surface area contributed by atoms with Crippen molar-refractivity contribution in [3.63, 3.8) is 0 Å². The molecule has 0 unspecified atom stereocenters. The summed E-state index contributed by atoms with van der Waals surface area (Å²) in [5.41, 5.74) is -0.320. The lowest BCUT2D eigenvalue weighted by atomic mass is 10.2. The van der Waals surface area contributed by atoms with E-state index in [1.54, 1.807) is 0 Å². The van der Waals surface area contributed by atoms with Crippen LogP contribution in [0.5, 0.6) is 0 Å². The van der Waals surface area contributed by atoms with Gasteiger partial charge < -0.3 is 10.3 Å². The highest BCUT2D eigenvalue weighted by molar-refractivity contribution is 6.30. The Labute approximate surface area is 98.0 Å². The molecule has 2 N–H and O–H groups in total. The van der Waals surface area contributed by atoms with Gasteiger partial charge in [0.05, 0.1) is 5.02 Å². The fourth-order valence-electron chi connectivity index (χ4n) is 1.96. The van der Waals surface area contributed by atoms with Crippen LogP contribution in [0, 0.1) is 0 Å². The number of amides is 1. The third-order valence-electron chi connectivity index (χ3n) is 2.80. The standard InChI is InChI=1S/C11H13ClN2O2/c12-7-5-9(10(15)13-6-7)11(16)14-8-3-1-2-4-8/h5-6,8H,1-4H2,(H,13,15)(H,14,16). The highest BCUT2D eigenvalue weighted by Crippen LogP contribution is 2.18. The van der Waals surface area contributed by atoms with E-state index in [9.17, 15) is 9.59 Å². The Bertz CT molecular complexity index is 450. The molecule has 16 heavy (non-hydrogen) atoms. The predicted octanol–water partition coefficient (Wildman–Crippen LogP) is 1.70. The van der Waals surface area contributed by atoms with Gasteiger partial charge in [-0.05, 0) is 18.9 Å². The summed E-state index contributed by atoms with van der Waals surface area (Å²) < 4.78 is 0.